The molecule has 0 aliphatic carbocycles. The number of rotatable bonds is 4. The molecule has 0 heterocycles. The van der Waals surface area contributed by atoms with Crippen molar-refractivity contribution < 1.29 is 22.6 Å². The lowest BCUT2D eigenvalue weighted by molar-refractivity contribution is 0.0996. The summed E-state index contributed by atoms with van der Waals surface area (Å²) in [5.74, 6) is -1.68. The van der Waals surface area contributed by atoms with Crippen molar-refractivity contribution in [2.75, 3.05) is 0 Å². The molecule has 21 heavy (non-hydrogen) atoms. The molecule has 2 aromatic rings. The first-order valence-electron chi connectivity index (χ1n) is 5.82. The van der Waals surface area contributed by atoms with Crippen molar-refractivity contribution in [3.05, 3.63) is 65.2 Å². The highest BCUT2D eigenvalue weighted by atomic mass is 32.2. The molecule has 0 aliphatic heterocycles. The third-order valence-corrected chi connectivity index (χ3v) is 3.77. The Morgan fingerprint density at radius 2 is 1.48 bits per heavy atom. The van der Waals surface area contributed by atoms with Crippen LogP contribution >= 0.6 is 0 Å². The van der Waals surface area contributed by atoms with Crippen molar-refractivity contribution in [2.45, 2.75) is 4.90 Å². The second kappa shape index (κ2) is 5.47. The number of hydrogen-bond acceptors (Lipinski definition) is 4. The average Bonchev–Trinajstić information content (AvgIpc) is 2.45. The van der Waals surface area contributed by atoms with Crippen LogP contribution in [0.25, 0.3) is 0 Å². The molecule has 108 valence electrons. The third-order valence-electron chi connectivity index (χ3n) is 2.82. The van der Waals surface area contributed by atoms with Crippen LogP contribution in [-0.2, 0) is 10.1 Å². The Labute approximate surface area is 121 Å². The van der Waals surface area contributed by atoms with Gasteiger partial charge in [0.05, 0.1) is 5.56 Å². The second-order valence-electron chi connectivity index (χ2n) is 4.22. The predicted molar refractivity (Wildman–Crippen MR) is 74.6 cm³/mol. The van der Waals surface area contributed by atoms with Crippen LogP contribution in [0.3, 0.4) is 0 Å². The fourth-order valence-corrected chi connectivity index (χ4v) is 2.82. The monoisotopic (exact) mass is 305 g/mol. The molecule has 2 rings (SSSR count). The van der Waals surface area contributed by atoms with Crippen LogP contribution in [0, 0.1) is 0 Å². The van der Waals surface area contributed by atoms with Crippen LogP contribution in [-0.4, -0.2) is 24.7 Å². The molecule has 0 bridgehead atoms. The molecule has 0 unspecified atom stereocenters. The number of hydrogen-bond donors (Lipinski definition) is 2. The fourth-order valence-electron chi connectivity index (χ4n) is 1.93. The van der Waals surface area contributed by atoms with Crippen LogP contribution < -0.4 is 5.73 Å². The summed E-state index contributed by atoms with van der Waals surface area (Å²) >= 11 is 0. The van der Waals surface area contributed by atoms with Crippen LogP contribution in [0.2, 0.25) is 0 Å². The Bertz CT molecular complexity index is 813. The smallest absolute Gasteiger partial charge is 0.296 e. The van der Waals surface area contributed by atoms with Crippen LogP contribution in [0.1, 0.15) is 26.3 Å². The highest BCUT2D eigenvalue weighted by Gasteiger charge is 2.26. The zero-order valence-electron chi connectivity index (χ0n) is 10.7. The van der Waals surface area contributed by atoms with Gasteiger partial charge in [-0.2, -0.15) is 8.42 Å². The van der Waals surface area contributed by atoms with E-state index in [2.05, 4.69) is 0 Å². The first kappa shape index (κ1) is 14.9. The molecule has 1 amide bonds. The minimum Gasteiger partial charge on any atom is -0.366 e. The SMILES string of the molecule is NC(=O)c1cccc(C(=O)c2ccccc2)c1S(=O)(=O)O. The molecule has 7 heteroatoms. The minimum absolute atomic E-state index is 0.226. The van der Waals surface area contributed by atoms with Gasteiger partial charge in [-0.05, 0) is 12.1 Å². The summed E-state index contributed by atoms with van der Waals surface area (Å²) in [5.41, 5.74) is 4.58. The van der Waals surface area contributed by atoms with E-state index in [1.165, 1.54) is 24.3 Å². The number of primary amides is 1. The van der Waals surface area contributed by atoms with Crippen LogP contribution in [0.5, 0.6) is 0 Å². The molecule has 0 fully saturated rings. The Hall–Kier alpha value is -2.51. The maximum atomic E-state index is 12.4. The zero-order chi connectivity index (χ0) is 15.6. The number of carbonyl (C=O) groups is 2. The van der Waals surface area contributed by atoms with Gasteiger partial charge in [-0.1, -0.05) is 36.4 Å². The fraction of sp³-hybridized carbons (Fsp3) is 0. The largest absolute Gasteiger partial charge is 0.366 e. The Morgan fingerprint density at radius 3 is 2.00 bits per heavy atom. The Balaban J connectivity index is 2.73. The molecule has 3 N–H and O–H groups in total. The number of nitrogens with two attached hydrogens (primary N) is 1. The summed E-state index contributed by atoms with van der Waals surface area (Å²) in [6.07, 6.45) is 0. The van der Waals surface area contributed by atoms with Gasteiger partial charge in [0.2, 0.25) is 5.91 Å². The van der Waals surface area contributed by atoms with E-state index in [4.69, 9.17) is 5.73 Å². The molecular formula is C14H11NO5S. The van der Waals surface area contributed by atoms with E-state index in [9.17, 15) is 22.6 Å². The summed E-state index contributed by atoms with van der Waals surface area (Å²) in [5, 5.41) is 0. The average molecular weight is 305 g/mol. The number of benzene rings is 2. The minimum atomic E-state index is -4.78. The molecule has 0 spiro atoms. The summed E-state index contributed by atoms with van der Waals surface area (Å²) in [6.45, 7) is 0. The van der Waals surface area contributed by atoms with Crippen molar-refractivity contribution in [3.8, 4) is 0 Å². The van der Waals surface area contributed by atoms with Crippen LogP contribution in [0.4, 0.5) is 0 Å². The summed E-state index contributed by atoms with van der Waals surface area (Å²) in [4.78, 5) is 22.9. The van der Waals surface area contributed by atoms with Gasteiger partial charge in [-0.3, -0.25) is 14.1 Å². The third kappa shape index (κ3) is 2.99. The van der Waals surface area contributed by atoms with Gasteiger partial charge < -0.3 is 5.73 Å². The molecule has 0 saturated heterocycles. The number of ketones is 1. The maximum Gasteiger partial charge on any atom is 0.296 e. The van der Waals surface area contributed by atoms with Gasteiger partial charge in [0.25, 0.3) is 10.1 Å². The van der Waals surface area contributed by atoms with E-state index >= 15 is 0 Å². The summed E-state index contributed by atoms with van der Waals surface area (Å²) in [6, 6.07) is 11.6. The number of amides is 1. The van der Waals surface area contributed by atoms with E-state index in [0.29, 0.717) is 0 Å². The van der Waals surface area contributed by atoms with Gasteiger partial charge in [0.15, 0.2) is 5.78 Å². The van der Waals surface area contributed by atoms with E-state index in [1.54, 1.807) is 18.2 Å². The lowest BCUT2D eigenvalue weighted by atomic mass is 10.0. The molecule has 0 atom stereocenters. The summed E-state index contributed by atoms with van der Waals surface area (Å²) in [7, 11) is -4.78. The molecule has 0 aromatic heterocycles. The molecule has 0 radical (unpaired) electrons. The van der Waals surface area contributed by atoms with Crippen molar-refractivity contribution in [1.82, 2.24) is 0 Å². The zero-order valence-corrected chi connectivity index (χ0v) is 11.5. The van der Waals surface area contributed by atoms with E-state index < -0.39 is 32.3 Å². The highest BCUT2D eigenvalue weighted by molar-refractivity contribution is 7.86. The quantitative estimate of drug-likeness (QED) is 0.652. The normalized spacial score (nSPS) is 11.1. The van der Waals surface area contributed by atoms with Gasteiger partial charge in [-0.25, -0.2) is 0 Å². The molecule has 2 aromatic carbocycles. The highest BCUT2D eigenvalue weighted by Crippen LogP contribution is 2.23. The van der Waals surface area contributed by atoms with Crippen molar-refractivity contribution >= 4 is 21.8 Å². The molecular weight excluding hydrogens is 294 g/mol. The first-order valence-corrected chi connectivity index (χ1v) is 7.26. The standard InChI is InChI=1S/C14H11NO5S/c15-14(17)11-8-4-7-10(13(11)21(18,19)20)12(16)9-5-2-1-3-6-9/h1-8H,(H2,15,17)(H,18,19,20). The Kier molecular flexibility index (Phi) is 3.88. The van der Waals surface area contributed by atoms with Crippen LogP contribution in [0.15, 0.2) is 53.4 Å². The lowest BCUT2D eigenvalue weighted by Crippen LogP contribution is -2.19. The maximum absolute atomic E-state index is 12.4. The van der Waals surface area contributed by atoms with Crippen molar-refractivity contribution in [2.24, 2.45) is 5.73 Å². The van der Waals surface area contributed by atoms with E-state index in [0.717, 1.165) is 6.07 Å². The topological polar surface area (TPSA) is 115 Å². The van der Waals surface area contributed by atoms with Gasteiger partial charge >= 0.3 is 0 Å². The second-order valence-corrected chi connectivity index (χ2v) is 5.58. The predicted octanol–water partition coefficient (Wildman–Crippen LogP) is 1.26. The molecule has 6 nitrogen and oxygen atoms in total. The summed E-state index contributed by atoms with van der Waals surface area (Å²) < 4.78 is 32.3. The number of carbonyl (C=O) groups excluding carboxylic acids is 2. The van der Waals surface area contributed by atoms with Gasteiger partial charge in [-0.15, -0.1) is 0 Å². The molecule has 0 aliphatic rings. The van der Waals surface area contributed by atoms with Crippen molar-refractivity contribution in [1.29, 1.82) is 0 Å². The van der Waals surface area contributed by atoms with Crippen molar-refractivity contribution in [3.63, 3.8) is 0 Å². The van der Waals surface area contributed by atoms with Gasteiger partial charge in [0, 0.05) is 11.1 Å². The van der Waals surface area contributed by atoms with E-state index in [-0.39, 0.29) is 11.1 Å². The first-order chi connectivity index (χ1) is 9.82. The van der Waals surface area contributed by atoms with Gasteiger partial charge in [0.1, 0.15) is 4.90 Å². The Morgan fingerprint density at radius 1 is 0.905 bits per heavy atom. The molecule has 0 saturated carbocycles. The lowest BCUT2D eigenvalue weighted by Gasteiger charge is -2.09. The van der Waals surface area contributed by atoms with E-state index in [1.807, 2.05) is 0 Å².